The van der Waals surface area contributed by atoms with Crippen LogP contribution in [0.4, 0.5) is 0 Å². The van der Waals surface area contributed by atoms with Crippen LogP contribution >= 0.6 is 0 Å². The Morgan fingerprint density at radius 1 is 0.757 bits per heavy atom. The van der Waals surface area contributed by atoms with Crippen LogP contribution in [0.1, 0.15) is 103 Å². The number of aryl methyl sites for hydroxylation is 1. The average Bonchev–Trinajstić information content (AvgIpc) is 2.86. The van der Waals surface area contributed by atoms with E-state index in [4.69, 9.17) is 9.47 Å². The van der Waals surface area contributed by atoms with Crippen LogP contribution < -0.4 is 4.74 Å². The van der Waals surface area contributed by atoms with Crippen molar-refractivity contribution in [2.45, 2.75) is 117 Å². The smallest absolute Gasteiger partial charge is 0.368 e. The van der Waals surface area contributed by atoms with E-state index >= 15 is 0 Å². The van der Waals surface area contributed by atoms with Gasteiger partial charge in [0.25, 0.3) is 0 Å². The zero-order chi connectivity index (χ0) is 26.9. The molecule has 0 spiro atoms. The monoisotopic (exact) mass is 510 g/mol. The lowest BCUT2D eigenvalue weighted by Gasteiger charge is -2.36. The number of hydrogen-bond acceptors (Lipinski definition) is 3. The molecule has 2 unspecified atom stereocenters. The number of carbonyl (C=O) groups excluding carboxylic acids is 1. The summed E-state index contributed by atoms with van der Waals surface area (Å²) >= 11 is 0. The number of benzene rings is 2. The summed E-state index contributed by atoms with van der Waals surface area (Å²) < 4.78 is 12.2. The highest BCUT2D eigenvalue weighted by Crippen LogP contribution is 2.20. The van der Waals surface area contributed by atoms with Crippen molar-refractivity contribution in [2.75, 3.05) is 14.1 Å². The molecule has 4 nitrogen and oxygen atoms in total. The molecule has 2 rings (SSSR count). The zero-order valence-electron chi connectivity index (χ0n) is 24.2. The van der Waals surface area contributed by atoms with Gasteiger partial charge in [0, 0.05) is 18.9 Å². The molecule has 0 saturated carbocycles. The topological polar surface area (TPSA) is 35.5 Å². The second kappa shape index (κ2) is 17.2. The van der Waals surface area contributed by atoms with Gasteiger partial charge in [0.05, 0.1) is 14.1 Å². The number of unbranched alkanes of at least 4 members (excludes halogenated alkanes) is 9. The first kappa shape index (κ1) is 30.9. The predicted molar refractivity (Wildman–Crippen MR) is 155 cm³/mol. The van der Waals surface area contributed by atoms with Crippen molar-refractivity contribution >= 4 is 5.97 Å². The first-order chi connectivity index (χ1) is 17.9. The van der Waals surface area contributed by atoms with E-state index in [2.05, 4.69) is 45.3 Å². The normalized spacial score (nSPS) is 13.2. The summed E-state index contributed by atoms with van der Waals surface area (Å²) in [5.74, 6) is 0.520. The van der Waals surface area contributed by atoms with Crippen molar-refractivity contribution < 1.29 is 18.8 Å². The molecule has 0 amide bonds. The quantitative estimate of drug-likeness (QED) is 0.0823. The summed E-state index contributed by atoms with van der Waals surface area (Å²) in [4.78, 5) is 13.0. The van der Waals surface area contributed by atoms with Crippen LogP contribution in [-0.2, 0) is 22.5 Å². The molecule has 0 aliphatic heterocycles. The molecule has 2 aromatic rings. The van der Waals surface area contributed by atoms with Gasteiger partial charge in [-0.3, -0.25) is 0 Å². The van der Waals surface area contributed by atoms with E-state index in [9.17, 15) is 4.79 Å². The average molecular weight is 511 g/mol. The van der Waals surface area contributed by atoms with Gasteiger partial charge in [-0.15, -0.1) is 0 Å². The Labute approximate surface area is 227 Å². The van der Waals surface area contributed by atoms with Crippen LogP contribution in [0.15, 0.2) is 54.6 Å². The van der Waals surface area contributed by atoms with Gasteiger partial charge in [-0.2, -0.15) is 0 Å². The van der Waals surface area contributed by atoms with Crippen LogP contribution in [0, 0.1) is 0 Å². The van der Waals surface area contributed by atoms with Crippen LogP contribution in [0.2, 0.25) is 0 Å². The molecule has 37 heavy (non-hydrogen) atoms. The molecule has 0 saturated heterocycles. The van der Waals surface area contributed by atoms with E-state index in [1.165, 1.54) is 75.3 Å². The third kappa shape index (κ3) is 12.2. The number of likely N-dealkylation sites (N-methyl/N-ethyl adjacent to an activating group) is 1. The summed E-state index contributed by atoms with van der Waals surface area (Å²) in [5, 5.41) is 0. The number of ether oxygens (including phenoxy) is 2. The molecule has 0 radical (unpaired) electrons. The van der Waals surface area contributed by atoms with Gasteiger partial charge in [-0.25, -0.2) is 4.79 Å². The Morgan fingerprint density at radius 3 is 1.89 bits per heavy atom. The van der Waals surface area contributed by atoms with E-state index in [-0.39, 0.29) is 12.0 Å². The van der Waals surface area contributed by atoms with Crippen LogP contribution in [0.25, 0.3) is 0 Å². The largest absolute Gasteiger partial charge is 0.455 e. The van der Waals surface area contributed by atoms with Crippen molar-refractivity contribution in [1.29, 1.82) is 0 Å². The second-order valence-corrected chi connectivity index (χ2v) is 11.0. The zero-order valence-corrected chi connectivity index (χ0v) is 24.2. The molecule has 206 valence electrons. The van der Waals surface area contributed by atoms with Gasteiger partial charge in [0.1, 0.15) is 12.3 Å². The van der Waals surface area contributed by atoms with Gasteiger partial charge < -0.3 is 14.0 Å². The molecule has 2 aromatic carbocycles. The van der Waals surface area contributed by atoms with Crippen molar-refractivity contribution in [3.8, 4) is 5.75 Å². The lowest BCUT2D eigenvalue weighted by molar-refractivity contribution is -0.919. The van der Waals surface area contributed by atoms with E-state index < -0.39 is 6.29 Å². The Bertz CT molecular complexity index is 863. The van der Waals surface area contributed by atoms with Crippen molar-refractivity contribution in [3.63, 3.8) is 0 Å². The standard InChI is InChI=1S/C33H52NO3/c1-6-8-9-10-11-12-13-14-15-17-20-29-23-25-31(26-24-29)36-28(3)37-33(35)32(7-2)34(4,5)27-30-21-18-16-19-22-30/h16,18-19,21-26,28,32H,6-15,17,20,27H2,1-5H3/q+1. The Hall–Kier alpha value is -2.33. The van der Waals surface area contributed by atoms with Gasteiger partial charge in [0.2, 0.25) is 6.29 Å². The molecule has 2 atom stereocenters. The highest BCUT2D eigenvalue weighted by atomic mass is 16.7. The molecule has 0 N–H and O–H groups in total. The van der Waals surface area contributed by atoms with Crippen LogP contribution in [0.3, 0.4) is 0 Å². The number of quaternary nitrogens is 1. The maximum atomic E-state index is 13.0. The molecular weight excluding hydrogens is 458 g/mol. The van der Waals surface area contributed by atoms with E-state index in [1.807, 2.05) is 37.3 Å². The number of nitrogens with zero attached hydrogens (tertiary/aromatic N) is 1. The fourth-order valence-corrected chi connectivity index (χ4v) is 5.12. The van der Waals surface area contributed by atoms with Gasteiger partial charge >= 0.3 is 5.97 Å². The van der Waals surface area contributed by atoms with Gasteiger partial charge in [-0.05, 0) is 30.5 Å². The lowest BCUT2D eigenvalue weighted by Crippen LogP contribution is -2.53. The molecule has 0 aliphatic rings. The van der Waals surface area contributed by atoms with Crippen molar-refractivity contribution in [1.82, 2.24) is 0 Å². The SMILES string of the molecule is CCCCCCCCCCCCc1ccc(OC(C)OC(=O)C(CC)[N+](C)(C)Cc2ccccc2)cc1. The van der Waals surface area contributed by atoms with E-state index in [1.54, 1.807) is 6.92 Å². The minimum atomic E-state index is -0.633. The Balaban J connectivity index is 1.70. The Morgan fingerprint density at radius 2 is 1.32 bits per heavy atom. The first-order valence-corrected chi connectivity index (χ1v) is 14.7. The summed E-state index contributed by atoms with van der Waals surface area (Å²) in [6.45, 7) is 6.87. The number of rotatable bonds is 19. The minimum Gasteiger partial charge on any atom is -0.455 e. The summed E-state index contributed by atoms with van der Waals surface area (Å²) in [7, 11) is 4.17. The fourth-order valence-electron chi connectivity index (χ4n) is 5.12. The van der Waals surface area contributed by atoms with Crippen LogP contribution in [-0.4, -0.2) is 36.9 Å². The van der Waals surface area contributed by atoms with Crippen molar-refractivity contribution in [2.24, 2.45) is 0 Å². The number of hydrogen-bond donors (Lipinski definition) is 0. The highest BCUT2D eigenvalue weighted by molar-refractivity contribution is 5.74. The molecule has 0 aromatic heterocycles. The molecule has 0 fully saturated rings. The van der Waals surface area contributed by atoms with Crippen molar-refractivity contribution in [3.05, 3.63) is 65.7 Å². The molecule has 0 heterocycles. The third-order valence-electron chi connectivity index (χ3n) is 7.26. The maximum Gasteiger partial charge on any atom is 0.368 e. The fraction of sp³-hybridized carbons (Fsp3) is 0.606. The minimum absolute atomic E-state index is 0.214. The first-order valence-electron chi connectivity index (χ1n) is 14.7. The lowest BCUT2D eigenvalue weighted by atomic mass is 10.0. The highest BCUT2D eigenvalue weighted by Gasteiger charge is 2.36. The summed E-state index contributed by atoms with van der Waals surface area (Å²) in [6, 6.07) is 18.3. The number of esters is 1. The number of carbonyl (C=O) groups is 1. The Kier molecular flexibility index (Phi) is 14.4. The van der Waals surface area contributed by atoms with E-state index in [0.717, 1.165) is 18.7 Å². The van der Waals surface area contributed by atoms with E-state index in [0.29, 0.717) is 10.9 Å². The van der Waals surface area contributed by atoms with Gasteiger partial charge in [0.15, 0.2) is 6.04 Å². The molecule has 0 bridgehead atoms. The summed E-state index contributed by atoms with van der Waals surface area (Å²) in [5.41, 5.74) is 2.54. The summed E-state index contributed by atoms with van der Waals surface area (Å²) in [6.07, 6.45) is 14.8. The maximum absolute atomic E-state index is 13.0. The predicted octanol–water partition coefficient (Wildman–Crippen LogP) is 8.47. The van der Waals surface area contributed by atoms with Gasteiger partial charge in [-0.1, -0.05) is 114 Å². The molecule has 4 heteroatoms. The third-order valence-corrected chi connectivity index (χ3v) is 7.26. The van der Waals surface area contributed by atoms with Crippen LogP contribution in [0.5, 0.6) is 5.75 Å². The molecule has 0 aliphatic carbocycles. The second-order valence-electron chi connectivity index (χ2n) is 11.0. The molecular formula is C33H52NO3+.